The van der Waals surface area contributed by atoms with Crippen LogP contribution in [-0.2, 0) is 0 Å². The summed E-state index contributed by atoms with van der Waals surface area (Å²) in [7, 11) is 0. The van der Waals surface area contributed by atoms with Crippen LogP contribution in [0.25, 0.3) is 10.6 Å². The molecule has 0 aliphatic carbocycles. The molecule has 3 aromatic rings. The Hall–Kier alpha value is -1.91. The van der Waals surface area contributed by atoms with Crippen LogP contribution < -0.4 is 4.74 Å². The van der Waals surface area contributed by atoms with Gasteiger partial charge in [-0.1, -0.05) is 23.7 Å². The lowest BCUT2D eigenvalue weighted by Crippen LogP contribution is -1.91. The van der Waals surface area contributed by atoms with E-state index >= 15 is 0 Å². The van der Waals surface area contributed by atoms with Gasteiger partial charge in [0, 0.05) is 6.07 Å². The molecule has 0 spiro atoms. The van der Waals surface area contributed by atoms with Crippen LogP contribution in [0.2, 0.25) is 5.02 Å². The third kappa shape index (κ3) is 2.81. The van der Waals surface area contributed by atoms with E-state index in [2.05, 4.69) is 9.97 Å². The van der Waals surface area contributed by atoms with Crippen LogP contribution in [0, 0.1) is 6.92 Å². The minimum Gasteiger partial charge on any atom is -0.437 e. The molecule has 2 aromatic heterocycles. The fraction of sp³-hybridized carbons (Fsp3) is 0.0667. The van der Waals surface area contributed by atoms with Crippen molar-refractivity contribution in [2.24, 2.45) is 0 Å². The fourth-order valence-electron chi connectivity index (χ4n) is 1.76. The summed E-state index contributed by atoms with van der Waals surface area (Å²) >= 11 is 7.74. The van der Waals surface area contributed by atoms with Crippen molar-refractivity contribution in [3.8, 4) is 22.2 Å². The molecule has 100 valence electrons. The summed E-state index contributed by atoms with van der Waals surface area (Å²) in [6.45, 7) is 1.99. The van der Waals surface area contributed by atoms with Crippen molar-refractivity contribution in [1.82, 2.24) is 9.97 Å². The Bertz CT molecular complexity index is 728. The first kappa shape index (κ1) is 13.1. The second kappa shape index (κ2) is 5.61. The van der Waals surface area contributed by atoms with Crippen molar-refractivity contribution in [1.29, 1.82) is 0 Å². The molecule has 3 nitrogen and oxygen atoms in total. The van der Waals surface area contributed by atoms with Gasteiger partial charge in [0.15, 0.2) is 0 Å². The molecule has 0 atom stereocenters. The number of thiophene rings is 1. The highest BCUT2D eigenvalue weighted by Crippen LogP contribution is 2.31. The van der Waals surface area contributed by atoms with E-state index in [4.69, 9.17) is 16.3 Å². The van der Waals surface area contributed by atoms with Gasteiger partial charge in [-0.15, -0.1) is 11.3 Å². The fourth-order valence-corrected chi connectivity index (χ4v) is 2.61. The Labute approximate surface area is 125 Å². The van der Waals surface area contributed by atoms with Crippen LogP contribution in [0.15, 0.2) is 48.1 Å². The SMILES string of the molecule is Cc1ccc(Cl)c(Oc2cc(-c3cccs3)ncn2)c1. The molecule has 0 radical (unpaired) electrons. The van der Waals surface area contributed by atoms with Crippen LogP contribution in [0.4, 0.5) is 0 Å². The summed E-state index contributed by atoms with van der Waals surface area (Å²) < 4.78 is 5.75. The van der Waals surface area contributed by atoms with Crippen molar-refractivity contribution in [2.45, 2.75) is 6.92 Å². The molecule has 5 heteroatoms. The van der Waals surface area contributed by atoms with E-state index in [1.807, 2.05) is 48.7 Å². The van der Waals surface area contributed by atoms with E-state index < -0.39 is 0 Å². The summed E-state index contributed by atoms with van der Waals surface area (Å²) in [4.78, 5) is 9.45. The van der Waals surface area contributed by atoms with Crippen molar-refractivity contribution in [3.05, 3.63) is 58.7 Å². The van der Waals surface area contributed by atoms with Gasteiger partial charge in [-0.2, -0.15) is 0 Å². The maximum Gasteiger partial charge on any atom is 0.222 e. The molecule has 0 bridgehead atoms. The van der Waals surface area contributed by atoms with Crippen LogP contribution in [0.1, 0.15) is 5.56 Å². The lowest BCUT2D eigenvalue weighted by Gasteiger charge is -2.08. The molecule has 20 heavy (non-hydrogen) atoms. The maximum atomic E-state index is 6.12. The van der Waals surface area contributed by atoms with Gasteiger partial charge in [-0.3, -0.25) is 0 Å². The zero-order valence-electron chi connectivity index (χ0n) is 10.7. The van der Waals surface area contributed by atoms with Crippen LogP contribution in [-0.4, -0.2) is 9.97 Å². The monoisotopic (exact) mass is 302 g/mol. The second-order valence-corrected chi connectivity index (χ2v) is 5.61. The Morgan fingerprint density at radius 2 is 2.05 bits per heavy atom. The lowest BCUT2D eigenvalue weighted by molar-refractivity contribution is 0.462. The molecule has 1 aromatic carbocycles. The van der Waals surface area contributed by atoms with Crippen LogP contribution in [0.5, 0.6) is 11.6 Å². The number of hydrogen-bond acceptors (Lipinski definition) is 4. The van der Waals surface area contributed by atoms with Crippen LogP contribution >= 0.6 is 22.9 Å². The molecule has 0 fully saturated rings. The van der Waals surface area contributed by atoms with E-state index in [1.54, 1.807) is 11.3 Å². The number of nitrogens with zero attached hydrogens (tertiary/aromatic N) is 2. The molecule has 0 saturated carbocycles. The van der Waals surface area contributed by atoms with Crippen molar-refractivity contribution < 1.29 is 4.74 Å². The van der Waals surface area contributed by atoms with Crippen molar-refractivity contribution in [2.75, 3.05) is 0 Å². The molecule has 3 rings (SSSR count). The maximum absolute atomic E-state index is 6.12. The van der Waals surface area contributed by atoms with Gasteiger partial charge in [-0.05, 0) is 36.1 Å². The zero-order valence-corrected chi connectivity index (χ0v) is 12.3. The average Bonchev–Trinajstić information content (AvgIpc) is 2.97. The molecule has 2 heterocycles. The number of hydrogen-bond donors (Lipinski definition) is 0. The molecule has 0 N–H and O–H groups in total. The number of ether oxygens (including phenoxy) is 1. The van der Waals surface area contributed by atoms with E-state index in [1.165, 1.54) is 6.33 Å². The predicted octanol–water partition coefficient (Wildman–Crippen LogP) is 4.96. The highest BCUT2D eigenvalue weighted by atomic mass is 35.5. The molecule has 0 aliphatic rings. The van der Waals surface area contributed by atoms with E-state index in [-0.39, 0.29) is 0 Å². The van der Waals surface area contributed by atoms with E-state index in [0.717, 1.165) is 16.1 Å². The summed E-state index contributed by atoms with van der Waals surface area (Å²) in [5.41, 5.74) is 1.92. The number of benzene rings is 1. The van der Waals surface area contributed by atoms with Crippen LogP contribution in [0.3, 0.4) is 0 Å². The van der Waals surface area contributed by atoms with E-state index in [9.17, 15) is 0 Å². The highest BCUT2D eigenvalue weighted by molar-refractivity contribution is 7.13. The first-order valence-electron chi connectivity index (χ1n) is 6.02. The van der Waals surface area contributed by atoms with Gasteiger partial charge >= 0.3 is 0 Å². The normalized spacial score (nSPS) is 10.5. The third-order valence-corrected chi connectivity index (χ3v) is 3.92. The molecular formula is C15H11ClN2OS. The summed E-state index contributed by atoms with van der Waals surface area (Å²) in [6, 6.07) is 11.4. The smallest absolute Gasteiger partial charge is 0.222 e. The summed E-state index contributed by atoms with van der Waals surface area (Å²) in [5.74, 6) is 1.08. The molecular weight excluding hydrogens is 292 g/mol. The Morgan fingerprint density at radius 1 is 1.15 bits per heavy atom. The average molecular weight is 303 g/mol. The van der Waals surface area contributed by atoms with Gasteiger partial charge in [0.05, 0.1) is 15.6 Å². The molecule has 0 unspecified atom stereocenters. The first-order chi connectivity index (χ1) is 9.72. The van der Waals surface area contributed by atoms with Gasteiger partial charge in [-0.25, -0.2) is 9.97 Å². The molecule has 0 saturated heterocycles. The number of aromatic nitrogens is 2. The molecule has 0 amide bonds. The quantitative estimate of drug-likeness (QED) is 0.686. The molecule has 0 aliphatic heterocycles. The Morgan fingerprint density at radius 3 is 2.85 bits per heavy atom. The van der Waals surface area contributed by atoms with Gasteiger partial charge in [0.2, 0.25) is 5.88 Å². The number of halogens is 1. The topological polar surface area (TPSA) is 35.0 Å². The number of aryl methyl sites for hydroxylation is 1. The number of rotatable bonds is 3. The van der Waals surface area contributed by atoms with Gasteiger partial charge in [0.25, 0.3) is 0 Å². The zero-order chi connectivity index (χ0) is 13.9. The minimum absolute atomic E-state index is 0.482. The Kier molecular flexibility index (Phi) is 3.67. The standard InChI is InChI=1S/C15H11ClN2OS/c1-10-4-5-11(16)13(7-10)19-15-8-12(17-9-18-15)14-3-2-6-20-14/h2-9H,1H3. The van der Waals surface area contributed by atoms with E-state index in [0.29, 0.717) is 16.7 Å². The minimum atomic E-state index is 0.482. The Balaban J connectivity index is 1.91. The third-order valence-electron chi connectivity index (χ3n) is 2.72. The lowest BCUT2D eigenvalue weighted by atomic mass is 10.2. The van der Waals surface area contributed by atoms with Gasteiger partial charge in [0.1, 0.15) is 12.1 Å². The highest BCUT2D eigenvalue weighted by Gasteiger charge is 2.07. The first-order valence-corrected chi connectivity index (χ1v) is 7.28. The second-order valence-electron chi connectivity index (χ2n) is 4.25. The van der Waals surface area contributed by atoms with Crippen molar-refractivity contribution >= 4 is 22.9 Å². The summed E-state index contributed by atoms with van der Waals surface area (Å²) in [6.07, 6.45) is 1.49. The van der Waals surface area contributed by atoms with Crippen molar-refractivity contribution in [3.63, 3.8) is 0 Å². The van der Waals surface area contributed by atoms with Gasteiger partial charge < -0.3 is 4.74 Å². The summed E-state index contributed by atoms with van der Waals surface area (Å²) in [5, 5.41) is 2.57. The largest absolute Gasteiger partial charge is 0.437 e. The predicted molar refractivity (Wildman–Crippen MR) is 81.6 cm³/mol.